The number of carbonyl (C=O) groups excluding carboxylic acids is 1. The molecule has 3 N–H and O–H groups in total. The summed E-state index contributed by atoms with van der Waals surface area (Å²) in [6, 6.07) is 18.7. The molecule has 0 spiro atoms. The van der Waals surface area contributed by atoms with Gasteiger partial charge in [-0.2, -0.15) is 0 Å². The normalized spacial score (nSPS) is 12.5. The van der Waals surface area contributed by atoms with Crippen molar-refractivity contribution >= 4 is 35.0 Å². The van der Waals surface area contributed by atoms with E-state index < -0.39 is 5.97 Å². The summed E-state index contributed by atoms with van der Waals surface area (Å²) in [6.07, 6.45) is 0. The molecule has 4 rings (SSSR count). The van der Waals surface area contributed by atoms with Gasteiger partial charge in [-0.05, 0) is 42.5 Å². The van der Waals surface area contributed by atoms with Crippen LogP contribution in [-0.4, -0.2) is 35.2 Å². The third-order valence-corrected chi connectivity index (χ3v) is 4.32. The van der Waals surface area contributed by atoms with Crippen LogP contribution in [0.2, 0.25) is 0 Å². The van der Waals surface area contributed by atoms with E-state index in [2.05, 4.69) is 15.6 Å². The molecule has 0 bridgehead atoms. The van der Waals surface area contributed by atoms with E-state index in [1.807, 2.05) is 18.2 Å². The van der Waals surface area contributed by atoms with Crippen molar-refractivity contribution in [2.45, 2.75) is 0 Å². The summed E-state index contributed by atoms with van der Waals surface area (Å²) in [6.45, 7) is 0.723. The summed E-state index contributed by atoms with van der Waals surface area (Å²) in [4.78, 5) is 29.9. The number of urea groups is 1. The van der Waals surface area contributed by atoms with E-state index in [9.17, 15) is 9.59 Å². The first kappa shape index (κ1) is 18.3. The number of pyridine rings is 1. The topological polar surface area (TPSA) is 104 Å². The number of benzene rings is 2. The Morgan fingerprint density at radius 3 is 2.59 bits per heavy atom. The SMILES string of the molecule is O=C(O)c1cccc(Nc2ccc3c(n2)N(C(=O)Nc2ccccc2)CCO3)c1. The highest BCUT2D eigenvalue weighted by molar-refractivity contribution is 6.02. The Hall–Kier alpha value is -4.07. The summed E-state index contributed by atoms with van der Waals surface area (Å²) in [5.41, 5.74) is 1.43. The van der Waals surface area contributed by atoms with Crippen LogP contribution < -0.4 is 20.3 Å². The monoisotopic (exact) mass is 390 g/mol. The van der Waals surface area contributed by atoms with Crippen LogP contribution in [0.25, 0.3) is 0 Å². The van der Waals surface area contributed by atoms with Crippen LogP contribution in [0.1, 0.15) is 10.4 Å². The molecule has 2 amide bonds. The van der Waals surface area contributed by atoms with E-state index in [0.717, 1.165) is 0 Å². The molecule has 2 heterocycles. The van der Waals surface area contributed by atoms with Crippen molar-refractivity contribution < 1.29 is 19.4 Å². The summed E-state index contributed by atoms with van der Waals surface area (Å²) < 4.78 is 5.62. The molecular weight excluding hydrogens is 372 g/mol. The molecule has 8 heteroatoms. The number of ether oxygens (including phenoxy) is 1. The number of fused-ring (bicyclic) bond motifs is 1. The highest BCUT2D eigenvalue weighted by Gasteiger charge is 2.26. The first-order valence-electron chi connectivity index (χ1n) is 8.98. The summed E-state index contributed by atoms with van der Waals surface area (Å²) in [5.74, 6) is 0.354. The van der Waals surface area contributed by atoms with Crippen LogP contribution in [0.15, 0.2) is 66.7 Å². The number of hydrogen-bond donors (Lipinski definition) is 3. The standard InChI is InChI=1S/C21H18N4O4/c26-20(27)14-5-4-8-16(13-14)22-18-10-9-17-19(24-18)25(11-12-29-17)21(28)23-15-6-2-1-3-7-15/h1-10,13H,11-12H2,(H,22,24)(H,23,28)(H,26,27). The highest BCUT2D eigenvalue weighted by Crippen LogP contribution is 2.32. The van der Waals surface area contributed by atoms with Gasteiger partial charge in [-0.25, -0.2) is 14.6 Å². The van der Waals surface area contributed by atoms with Crippen LogP contribution in [0.3, 0.4) is 0 Å². The third kappa shape index (κ3) is 4.11. The Balaban J connectivity index is 1.57. The van der Waals surface area contributed by atoms with Crippen LogP contribution in [-0.2, 0) is 0 Å². The maximum atomic E-state index is 12.8. The number of aromatic carboxylic acids is 1. The largest absolute Gasteiger partial charge is 0.488 e. The molecule has 0 saturated heterocycles. The molecule has 3 aromatic rings. The molecule has 0 fully saturated rings. The molecule has 8 nitrogen and oxygen atoms in total. The lowest BCUT2D eigenvalue weighted by atomic mass is 10.2. The molecule has 29 heavy (non-hydrogen) atoms. The van der Waals surface area contributed by atoms with Crippen LogP contribution >= 0.6 is 0 Å². The average molecular weight is 390 g/mol. The lowest BCUT2D eigenvalue weighted by Gasteiger charge is -2.28. The Bertz CT molecular complexity index is 1060. The predicted molar refractivity (Wildman–Crippen MR) is 109 cm³/mol. The molecule has 1 aliphatic rings. The predicted octanol–water partition coefficient (Wildman–Crippen LogP) is 3.95. The fourth-order valence-electron chi connectivity index (χ4n) is 2.95. The average Bonchev–Trinajstić information content (AvgIpc) is 2.74. The van der Waals surface area contributed by atoms with Crippen molar-refractivity contribution in [1.29, 1.82) is 0 Å². The van der Waals surface area contributed by atoms with Crippen molar-refractivity contribution in [3.63, 3.8) is 0 Å². The minimum atomic E-state index is -1.01. The van der Waals surface area contributed by atoms with Gasteiger partial charge in [0, 0.05) is 11.4 Å². The van der Waals surface area contributed by atoms with Gasteiger partial charge in [0.25, 0.3) is 0 Å². The van der Waals surface area contributed by atoms with E-state index in [1.165, 1.54) is 17.0 Å². The number of hydrogen-bond acceptors (Lipinski definition) is 5. The first-order valence-corrected chi connectivity index (χ1v) is 8.98. The zero-order valence-electron chi connectivity index (χ0n) is 15.3. The molecule has 0 radical (unpaired) electrons. The lowest BCUT2D eigenvalue weighted by molar-refractivity contribution is 0.0697. The van der Waals surface area contributed by atoms with Crippen LogP contribution in [0.4, 0.5) is 27.8 Å². The summed E-state index contributed by atoms with van der Waals surface area (Å²) in [7, 11) is 0. The van der Waals surface area contributed by atoms with Crippen molar-refractivity contribution in [3.05, 3.63) is 72.3 Å². The number of carbonyl (C=O) groups is 2. The van der Waals surface area contributed by atoms with Gasteiger partial charge in [0.05, 0.1) is 12.1 Å². The number of anilines is 4. The number of aromatic nitrogens is 1. The number of carboxylic acids is 1. The summed E-state index contributed by atoms with van der Waals surface area (Å²) >= 11 is 0. The summed E-state index contributed by atoms with van der Waals surface area (Å²) in [5, 5.41) is 15.1. The Labute approximate surface area is 166 Å². The van der Waals surface area contributed by atoms with Crippen molar-refractivity contribution in [2.24, 2.45) is 0 Å². The van der Waals surface area contributed by atoms with Crippen molar-refractivity contribution in [3.8, 4) is 5.75 Å². The van der Waals surface area contributed by atoms with Gasteiger partial charge in [0.1, 0.15) is 12.4 Å². The minimum absolute atomic E-state index is 0.167. The molecule has 1 aliphatic heterocycles. The maximum absolute atomic E-state index is 12.8. The highest BCUT2D eigenvalue weighted by atomic mass is 16.5. The molecule has 146 valence electrons. The van der Waals surface area contributed by atoms with Gasteiger partial charge in [0.15, 0.2) is 11.6 Å². The Morgan fingerprint density at radius 1 is 1.00 bits per heavy atom. The molecule has 1 aromatic heterocycles. The number of nitrogens with zero attached hydrogens (tertiary/aromatic N) is 2. The van der Waals surface area contributed by atoms with E-state index in [-0.39, 0.29) is 11.6 Å². The van der Waals surface area contributed by atoms with Crippen LogP contribution in [0, 0.1) is 0 Å². The fourth-order valence-corrected chi connectivity index (χ4v) is 2.95. The molecule has 0 aliphatic carbocycles. The van der Waals surface area contributed by atoms with Gasteiger partial charge < -0.3 is 20.5 Å². The number of rotatable bonds is 4. The minimum Gasteiger partial charge on any atom is -0.488 e. The second-order valence-electron chi connectivity index (χ2n) is 6.33. The van der Waals surface area contributed by atoms with Crippen LogP contribution in [0.5, 0.6) is 5.75 Å². The van der Waals surface area contributed by atoms with Crippen molar-refractivity contribution in [2.75, 3.05) is 28.7 Å². The zero-order chi connectivity index (χ0) is 20.2. The molecular formula is C21H18N4O4. The fraction of sp³-hybridized carbons (Fsp3) is 0.0952. The first-order chi connectivity index (χ1) is 14.1. The van der Waals surface area contributed by atoms with E-state index in [4.69, 9.17) is 9.84 Å². The lowest BCUT2D eigenvalue weighted by Crippen LogP contribution is -2.41. The third-order valence-electron chi connectivity index (χ3n) is 4.32. The second-order valence-corrected chi connectivity index (χ2v) is 6.33. The van der Waals surface area contributed by atoms with Crippen molar-refractivity contribution in [1.82, 2.24) is 4.98 Å². The van der Waals surface area contributed by atoms with Gasteiger partial charge in [-0.1, -0.05) is 24.3 Å². The number of para-hydroxylation sites is 1. The second kappa shape index (κ2) is 7.89. The van der Waals surface area contributed by atoms with Gasteiger partial charge in [-0.3, -0.25) is 4.90 Å². The van der Waals surface area contributed by atoms with E-state index >= 15 is 0 Å². The van der Waals surface area contributed by atoms with Gasteiger partial charge in [0.2, 0.25) is 0 Å². The molecule has 0 unspecified atom stereocenters. The Kier molecular flexibility index (Phi) is 4.98. The number of amides is 2. The van der Waals surface area contributed by atoms with Gasteiger partial charge >= 0.3 is 12.0 Å². The number of nitrogens with one attached hydrogen (secondary N) is 2. The zero-order valence-corrected chi connectivity index (χ0v) is 15.3. The number of carboxylic acid groups (broad SMARTS) is 1. The Morgan fingerprint density at radius 2 is 1.79 bits per heavy atom. The molecule has 0 atom stereocenters. The quantitative estimate of drug-likeness (QED) is 0.623. The van der Waals surface area contributed by atoms with E-state index in [0.29, 0.717) is 41.9 Å². The maximum Gasteiger partial charge on any atom is 0.335 e. The van der Waals surface area contributed by atoms with Gasteiger partial charge in [-0.15, -0.1) is 0 Å². The smallest absolute Gasteiger partial charge is 0.335 e. The molecule has 2 aromatic carbocycles. The molecule has 0 saturated carbocycles. The van der Waals surface area contributed by atoms with E-state index in [1.54, 1.807) is 36.4 Å².